The van der Waals surface area contributed by atoms with Crippen molar-refractivity contribution in [1.82, 2.24) is 9.13 Å². The van der Waals surface area contributed by atoms with Gasteiger partial charge >= 0.3 is 0 Å². The lowest BCUT2D eigenvalue weighted by atomic mass is 10.0. The van der Waals surface area contributed by atoms with Crippen LogP contribution in [0, 0.1) is 11.7 Å². The first-order chi connectivity index (χ1) is 15.6. The molecule has 0 bridgehead atoms. The number of benzene rings is 4. The highest BCUT2D eigenvalue weighted by Crippen LogP contribution is 2.38. The van der Waals surface area contributed by atoms with Crippen LogP contribution in [-0.4, -0.2) is 9.13 Å². The fourth-order valence-corrected chi connectivity index (χ4v) is 4.58. The Labute approximate surface area is 198 Å². The van der Waals surface area contributed by atoms with Gasteiger partial charge in [-0.25, -0.2) is 0 Å². The highest BCUT2D eigenvalue weighted by molar-refractivity contribution is 7.71. The Kier molecular flexibility index (Phi) is 5.52. The fourth-order valence-electron chi connectivity index (χ4n) is 4.06. The maximum atomic E-state index is 6.20. The predicted molar refractivity (Wildman–Crippen MR) is 137 cm³/mol. The van der Waals surface area contributed by atoms with Gasteiger partial charge < -0.3 is 0 Å². The van der Waals surface area contributed by atoms with Crippen LogP contribution in [0.5, 0.6) is 0 Å². The van der Waals surface area contributed by atoms with Crippen LogP contribution in [0.15, 0.2) is 109 Å². The van der Waals surface area contributed by atoms with Gasteiger partial charge in [-0.1, -0.05) is 84.4 Å². The van der Waals surface area contributed by atoms with E-state index < -0.39 is 0 Å². The Morgan fingerprint density at radius 3 is 1.66 bits per heavy atom. The zero-order valence-corrected chi connectivity index (χ0v) is 19.1. The van der Waals surface area contributed by atoms with E-state index in [1.807, 2.05) is 36.4 Å². The average Bonchev–Trinajstić information content (AvgIpc) is 3.13. The van der Waals surface area contributed by atoms with Crippen LogP contribution in [0.3, 0.4) is 0 Å². The van der Waals surface area contributed by atoms with Crippen molar-refractivity contribution in [2.45, 2.75) is 6.92 Å². The van der Waals surface area contributed by atoms with Gasteiger partial charge in [-0.3, -0.25) is 9.13 Å². The molecule has 0 N–H and O–H groups in total. The third-order valence-corrected chi connectivity index (χ3v) is 6.11. The van der Waals surface area contributed by atoms with Crippen LogP contribution in [0.25, 0.3) is 33.9 Å². The average molecular weight is 453 g/mol. The molecule has 1 heterocycles. The van der Waals surface area contributed by atoms with Crippen LogP contribution in [0.4, 0.5) is 0 Å². The van der Waals surface area contributed by atoms with Crippen LogP contribution in [0.1, 0.15) is 5.56 Å². The zero-order valence-electron chi connectivity index (χ0n) is 17.6. The van der Waals surface area contributed by atoms with E-state index in [1.54, 1.807) is 0 Å². The van der Waals surface area contributed by atoms with Crippen LogP contribution in [-0.2, 0) is 0 Å². The van der Waals surface area contributed by atoms with Crippen molar-refractivity contribution in [3.63, 3.8) is 0 Å². The molecule has 0 radical (unpaired) electrons. The zero-order chi connectivity index (χ0) is 22.1. The highest BCUT2D eigenvalue weighted by atomic mass is 35.5. The molecule has 4 aromatic carbocycles. The molecule has 0 saturated carbocycles. The second-order valence-electron chi connectivity index (χ2n) is 7.70. The Balaban J connectivity index is 1.95. The lowest BCUT2D eigenvalue weighted by Crippen LogP contribution is -1.99. The summed E-state index contributed by atoms with van der Waals surface area (Å²) in [6.07, 6.45) is 0. The third-order valence-electron chi connectivity index (χ3n) is 5.49. The van der Waals surface area contributed by atoms with Gasteiger partial charge in [-0.05, 0) is 61.1 Å². The quantitative estimate of drug-likeness (QED) is 0.249. The molecule has 0 spiro atoms. The van der Waals surface area contributed by atoms with Gasteiger partial charge in [0.2, 0.25) is 0 Å². The first-order valence-electron chi connectivity index (χ1n) is 10.4. The largest absolute Gasteiger partial charge is 0.284 e. The molecular weight excluding hydrogens is 432 g/mol. The molecule has 0 fully saturated rings. The summed E-state index contributed by atoms with van der Waals surface area (Å²) in [4.78, 5) is 0. The number of aryl methyl sites for hydroxylation is 1. The molecular formula is C28H21ClN2S. The van der Waals surface area contributed by atoms with Crippen molar-refractivity contribution in [1.29, 1.82) is 0 Å². The Hall–Kier alpha value is -3.40. The summed E-state index contributed by atoms with van der Waals surface area (Å²) >= 11 is 12.3. The van der Waals surface area contributed by atoms with Crippen LogP contribution < -0.4 is 0 Å². The van der Waals surface area contributed by atoms with E-state index in [4.69, 9.17) is 23.8 Å². The van der Waals surface area contributed by atoms with Gasteiger partial charge in [0.25, 0.3) is 0 Å². The molecule has 5 aromatic rings. The van der Waals surface area contributed by atoms with E-state index in [2.05, 4.69) is 88.9 Å². The Morgan fingerprint density at radius 2 is 1.12 bits per heavy atom. The van der Waals surface area contributed by atoms with E-state index in [0.717, 1.165) is 33.9 Å². The second kappa shape index (κ2) is 8.62. The van der Waals surface area contributed by atoms with Crippen molar-refractivity contribution in [2.75, 3.05) is 0 Å². The molecule has 0 unspecified atom stereocenters. The number of hydrogen-bond acceptors (Lipinski definition) is 1. The smallest absolute Gasteiger partial charge is 0.190 e. The van der Waals surface area contributed by atoms with E-state index in [1.165, 1.54) is 5.56 Å². The Morgan fingerprint density at radius 1 is 0.594 bits per heavy atom. The molecule has 0 amide bonds. The summed E-state index contributed by atoms with van der Waals surface area (Å²) in [5, 5.41) is 0.697. The SMILES string of the molecule is Cc1cccc(-n2c(-c3ccccc3)c(-c3ccccc3)n(-c3ccc(Cl)cc3)c2=S)c1. The summed E-state index contributed by atoms with van der Waals surface area (Å²) < 4.78 is 5.02. The van der Waals surface area contributed by atoms with Gasteiger partial charge in [0, 0.05) is 27.5 Å². The number of nitrogens with zero attached hydrogens (tertiary/aromatic N) is 2. The number of rotatable bonds is 4. The summed E-state index contributed by atoms with van der Waals surface area (Å²) in [6, 6.07) is 37.1. The lowest BCUT2D eigenvalue weighted by molar-refractivity contribution is 0.960. The van der Waals surface area contributed by atoms with Crippen molar-refractivity contribution in [2.24, 2.45) is 0 Å². The molecule has 5 rings (SSSR count). The highest BCUT2D eigenvalue weighted by Gasteiger charge is 2.22. The summed E-state index contributed by atoms with van der Waals surface area (Å²) in [5.74, 6) is 0. The van der Waals surface area contributed by atoms with Crippen molar-refractivity contribution >= 4 is 23.8 Å². The van der Waals surface area contributed by atoms with E-state index in [9.17, 15) is 0 Å². The van der Waals surface area contributed by atoms with Gasteiger partial charge in [0.05, 0.1) is 11.4 Å². The molecule has 156 valence electrons. The van der Waals surface area contributed by atoms with Crippen molar-refractivity contribution in [3.05, 3.63) is 125 Å². The minimum atomic E-state index is 0.697. The first kappa shape index (κ1) is 20.5. The second-order valence-corrected chi connectivity index (χ2v) is 8.50. The monoisotopic (exact) mass is 452 g/mol. The minimum Gasteiger partial charge on any atom is -0.284 e. The predicted octanol–water partition coefficient (Wildman–Crippen LogP) is 8.29. The van der Waals surface area contributed by atoms with Gasteiger partial charge in [-0.2, -0.15) is 0 Å². The molecule has 0 aliphatic heterocycles. The van der Waals surface area contributed by atoms with E-state index in [-0.39, 0.29) is 0 Å². The maximum absolute atomic E-state index is 6.20. The molecule has 0 aliphatic carbocycles. The molecule has 32 heavy (non-hydrogen) atoms. The van der Waals surface area contributed by atoms with Gasteiger partial charge in [-0.15, -0.1) is 0 Å². The number of hydrogen-bond donors (Lipinski definition) is 0. The summed E-state index contributed by atoms with van der Waals surface area (Å²) in [6.45, 7) is 2.10. The molecule has 2 nitrogen and oxygen atoms in total. The van der Waals surface area contributed by atoms with Crippen molar-refractivity contribution < 1.29 is 0 Å². The summed E-state index contributed by atoms with van der Waals surface area (Å²) in [7, 11) is 0. The number of aromatic nitrogens is 2. The minimum absolute atomic E-state index is 0.697. The topological polar surface area (TPSA) is 9.86 Å². The number of halogens is 1. The molecule has 0 saturated heterocycles. The van der Waals surface area contributed by atoms with Gasteiger partial charge in [0.1, 0.15) is 0 Å². The normalized spacial score (nSPS) is 10.9. The molecule has 4 heteroatoms. The fraction of sp³-hybridized carbons (Fsp3) is 0.0357. The maximum Gasteiger partial charge on any atom is 0.190 e. The van der Waals surface area contributed by atoms with Gasteiger partial charge in [0.15, 0.2) is 4.77 Å². The van der Waals surface area contributed by atoms with Crippen LogP contribution in [0.2, 0.25) is 5.02 Å². The van der Waals surface area contributed by atoms with Crippen LogP contribution >= 0.6 is 23.8 Å². The number of imidazole rings is 1. The molecule has 0 atom stereocenters. The molecule has 1 aromatic heterocycles. The third kappa shape index (κ3) is 3.70. The van der Waals surface area contributed by atoms with E-state index in [0.29, 0.717) is 9.79 Å². The lowest BCUT2D eigenvalue weighted by Gasteiger charge is -2.12. The van der Waals surface area contributed by atoms with E-state index >= 15 is 0 Å². The molecule has 0 aliphatic rings. The first-order valence-corrected chi connectivity index (χ1v) is 11.2. The summed E-state index contributed by atoms with van der Waals surface area (Å²) in [5.41, 5.74) is 7.50. The Bertz CT molecular complexity index is 1430. The standard InChI is InChI=1S/C28H21ClN2S/c1-20-9-8-14-25(19-20)31-27(22-12-6-3-7-13-22)26(21-10-4-2-5-11-21)30(28(31)32)24-17-15-23(29)16-18-24/h2-19H,1H3. The van der Waals surface area contributed by atoms with Crippen molar-refractivity contribution in [3.8, 4) is 33.9 Å².